The zero-order chi connectivity index (χ0) is 15.5. The van der Waals surface area contributed by atoms with Gasteiger partial charge in [-0.05, 0) is 42.7 Å². The van der Waals surface area contributed by atoms with Crippen LogP contribution >= 0.6 is 0 Å². The maximum atomic E-state index is 12.1. The summed E-state index contributed by atoms with van der Waals surface area (Å²) in [6.45, 7) is 4.64. The third kappa shape index (κ3) is 2.93. The van der Waals surface area contributed by atoms with Crippen LogP contribution in [0.1, 0.15) is 16.7 Å². The largest absolute Gasteiger partial charge is 0.334 e. The molecule has 0 spiro atoms. The topological polar surface area (TPSA) is 69.8 Å². The number of aromatic nitrogens is 2. The van der Waals surface area contributed by atoms with Crippen LogP contribution in [0.2, 0.25) is 0 Å². The molecule has 5 nitrogen and oxygen atoms in total. The Hall–Kier alpha value is -2.82. The maximum Gasteiger partial charge on any atom is 0.319 e. The molecule has 0 aliphatic carbocycles. The van der Waals surface area contributed by atoms with Crippen molar-refractivity contribution in [1.82, 2.24) is 15.5 Å². The van der Waals surface area contributed by atoms with Crippen molar-refractivity contribution in [2.24, 2.45) is 0 Å². The van der Waals surface area contributed by atoms with Gasteiger partial charge in [0.2, 0.25) is 0 Å². The summed E-state index contributed by atoms with van der Waals surface area (Å²) in [6, 6.07) is 11.6. The smallest absolute Gasteiger partial charge is 0.319 e. The van der Waals surface area contributed by atoms with Crippen LogP contribution in [0.4, 0.5) is 10.5 Å². The molecular formula is C17H18N4O. The summed E-state index contributed by atoms with van der Waals surface area (Å²) in [6.07, 6.45) is 1.70. The summed E-state index contributed by atoms with van der Waals surface area (Å²) in [4.78, 5) is 12.1. The molecular weight excluding hydrogens is 276 g/mol. The number of aryl methyl sites for hydroxylation is 2. The highest BCUT2D eigenvalue weighted by atomic mass is 16.2. The van der Waals surface area contributed by atoms with Gasteiger partial charge in [-0.2, -0.15) is 5.10 Å². The zero-order valence-electron chi connectivity index (χ0n) is 12.6. The molecule has 22 heavy (non-hydrogen) atoms. The van der Waals surface area contributed by atoms with E-state index in [0.717, 1.165) is 22.2 Å². The maximum absolute atomic E-state index is 12.1. The predicted molar refractivity (Wildman–Crippen MR) is 87.9 cm³/mol. The molecule has 3 aromatic rings. The molecule has 1 heterocycles. The van der Waals surface area contributed by atoms with E-state index in [0.29, 0.717) is 6.54 Å². The van der Waals surface area contributed by atoms with Gasteiger partial charge in [-0.25, -0.2) is 4.79 Å². The number of hydrogen-bond acceptors (Lipinski definition) is 2. The van der Waals surface area contributed by atoms with E-state index in [9.17, 15) is 4.79 Å². The lowest BCUT2D eigenvalue weighted by Gasteiger charge is -2.09. The van der Waals surface area contributed by atoms with Gasteiger partial charge in [0.25, 0.3) is 0 Å². The quantitative estimate of drug-likeness (QED) is 0.692. The SMILES string of the molecule is Cc1ccc(CNC(=O)Nc2cccc3[nH]ncc23)cc1C. The van der Waals surface area contributed by atoms with E-state index in [-0.39, 0.29) is 6.03 Å². The van der Waals surface area contributed by atoms with Gasteiger partial charge in [0, 0.05) is 11.9 Å². The van der Waals surface area contributed by atoms with E-state index in [1.54, 1.807) is 6.20 Å². The lowest BCUT2D eigenvalue weighted by atomic mass is 10.1. The van der Waals surface area contributed by atoms with Crippen LogP contribution in [0.25, 0.3) is 10.9 Å². The minimum atomic E-state index is -0.230. The number of fused-ring (bicyclic) bond motifs is 1. The van der Waals surface area contributed by atoms with Crippen LogP contribution in [0.5, 0.6) is 0 Å². The first-order valence-corrected chi connectivity index (χ1v) is 7.16. The first-order chi connectivity index (χ1) is 10.6. The third-order valence-corrected chi connectivity index (χ3v) is 3.76. The van der Waals surface area contributed by atoms with Crippen LogP contribution in [0.15, 0.2) is 42.6 Å². The van der Waals surface area contributed by atoms with Crippen LogP contribution in [0, 0.1) is 13.8 Å². The Morgan fingerprint density at radius 2 is 2.05 bits per heavy atom. The van der Waals surface area contributed by atoms with Crippen molar-refractivity contribution >= 4 is 22.6 Å². The highest BCUT2D eigenvalue weighted by molar-refractivity contribution is 6.00. The highest BCUT2D eigenvalue weighted by Crippen LogP contribution is 2.20. The predicted octanol–water partition coefficient (Wildman–Crippen LogP) is 3.50. The van der Waals surface area contributed by atoms with E-state index in [1.165, 1.54) is 11.1 Å². The molecule has 5 heteroatoms. The van der Waals surface area contributed by atoms with Gasteiger partial charge in [0.1, 0.15) is 0 Å². The van der Waals surface area contributed by atoms with Gasteiger partial charge in [0.05, 0.1) is 17.4 Å². The number of rotatable bonds is 3. The Morgan fingerprint density at radius 3 is 2.86 bits per heavy atom. The van der Waals surface area contributed by atoms with Crippen molar-refractivity contribution < 1.29 is 4.79 Å². The number of amides is 2. The molecule has 0 unspecified atom stereocenters. The number of anilines is 1. The second kappa shape index (κ2) is 5.89. The summed E-state index contributed by atoms with van der Waals surface area (Å²) in [7, 11) is 0. The molecule has 3 N–H and O–H groups in total. The molecule has 0 atom stereocenters. The van der Waals surface area contributed by atoms with E-state index in [2.05, 4.69) is 46.8 Å². The zero-order valence-corrected chi connectivity index (χ0v) is 12.6. The van der Waals surface area contributed by atoms with Gasteiger partial charge in [-0.3, -0.25) is 5.10 Å². The van der Waals surface area contributed by atoms with Crippen molar-refractivity contribution in [3.63, 3.8) is 0 Å². The fraction of sp³-hybridized carbons (Fsp3) is 0.176. The van der Waals surface area contributed by atoms with Gasteiger partial charge >= 0.3 is 6.03 Å². The second-order valence-corrected chi connectivity index (χ2v) is 5.36. The molecule has 3 rings (SSSR count). The molecule has 2 aromatic carbocycles. The Morgan fingerprint density at radius 1 is 1.18 bits per heavy atom. The average Bonchev–Trinajstić information content (AvgIpc) is 2.98. The Bertz CT molecular complexity index is 822. The summed E-state index contributed by atoms with van der Waals surface area (Å²) < 4.78 is 0. The Balaban J connectivity index is 1.65. The summed E-state index contributed by atoms with van der Waals surface area (Å²) in [5, 5.41) is 13.5. The van der Waals surface area contributed by atoms with Crippen LogP contribution in [0.3, 0.4) is 0 Å². The number of urea groups is 1. The number of nitrogens with one attached hydrogen (secondary N) is 3. The van der Waals surface area contributed by atoms with Crippen LogP contribution in [-0.4, -0.2) is 16.2 Å². The number of aromatic amines is 1. The monoisotopic (exact) mass is 294 g/mol. The normalized spacial score (nSPS) is 10.6. The number of carbonyl (C=O) groups is 1. The number of benzene rings is 2. The Labute approximate surface area is 128 Å². The molecule has 2 amide bonds. The van der Waals surface area contributed by atoms with Crippen molar-refractivity contribution in [2.45, 2.75) is 20.4 Å². The number of hydrogen-bond donors (Lipinski definition) is 3. The molecule has 0 saturated heterocycles. The molecule has 0 radical (unpaired) electrons. The van der Waals surface area contributed by atoms with E-state index < -0.39 is 0 Å². The van der Waals surface area contributed by atoms with Crippen molar-refractivity contribution in [3.05, 3.63) is 59.3 Å². The number of carbonyl (C=O) groups excluding carboxylic acids is 1. The fourth-order valence-electron chi connectivity index (χ4n) is 2.34. The van der Waals surface area contributed by atoms with Crippen LogP contribution < -0.4 is 10.6 Å². The van der Waals surface area contributed by atoms with Crippen molar-refractivity contribution in [1.29, 1.82) is 0 Å². The van der Waals surface area contributed by atoms with Gasteiger partial charge in [0.15, 0.2) is 0 Å². The first kappa shape index (κ1) is 14.1. The average molecular weight is 294 g/mol. The number of nitrogens with zero attached hydrogens (tertiary/aromatic N) is 1. The third-order valence-electron chi connectivity index (χ3n) is 3.76. The number of H-pyrrole nitrogens is 1. The lowest BCUT2D eigenvalue weighted by molar-refractivity contribution is 0.252. The molecule has 1 aromatic heterocycles. The lowest BCUT2D eigenvalue weighted by Crippen LogP contribution is -2.28. The summed E-state index contributed by atoms with van der Waals surface area (Å²) in [5.74, 6) is 0. The minimum Gasteiger partial charge on any atom is -0.334 e. The molecule has 112 valence electrons. The van der Waals surface area contributed by atoms with E-state index in [1.807, 2.05) is 24.3 Å². The molecule has 0 saturated carbocycles. The molecule has 0 aliphatic rings. The summed E-state index contributed by atoms with van der Waals surface area (Å²) >= 11 is 0. The standard InChI is InChI=1S/C17H18N4O/c1-11-6-7-13(8-12(11)2)9-18-17(22)20-15-4-3-5-16-14(15)10-19-21-16/h3-8,10H,9H2,1-2H3,(H,19,21)(H2,18,20,22). The first-order valence-electron chi connectivity index (χ1n) is 7.16. The summed E-state index contributed by atoms with van der Waals surface area (Å²) in [5.41, 5.74) is 5.19. The highest BCUT2D eigenvalue weighted by Gasteiger charge is 2.06. The minimum absolute atomic E-state index is 0.230. The van der Waals surface area contributed by atoms with Crippen LogP contribution in [-0.2, 0) is 6.54 Å². The van der Waals surface area contributed by atoms with E-state index >= 15 is 0 Å². The van der Waals surface area contributed by atoms with Crippen molar-refractivity contribution in [2.75, 3.05) is 5.32 Å². The molecule has 0 aliphatic heterocycles. The Kier molecular flexibility index (Phi) is 3.78. The molecule has 0 bridgehead atoms. The van der Waals surface area contributed by atoms with Gasteiger partial charge in [-0.15, -0.1) is 0 Å². The fourth-order valence-corrected chi connectivity index (χ4v) is 2.34. The van der Waals surface area contributed by atoms with E-state index in [4.69, 9.17) is 0 Å². The van der Waals surface area contributed by atoms with Crippen molar-refractivity contribution in [3.8, 4) is 0 Å². The second-order valence-electron chi connectivity index (χ2n) is 5.36. The van der Waals surface area contributed by atoms with Gasteiger partial charge < -0.3 is 10.6 Å². The molecule has 0 fully saturated rings. The van der Waals surface area contributed by atoms with Gasteiger partial charge in [-0.1, -0.05) is 24.3 Å².